The van der Waals surface area contributed by atoms with Crippen LogP contribution in [0, 0.1) is 17.8 Å². The van der Waals surface area contributed by atoms with Crippen LogP contribution in [-0.2, 0) is 14.3 Å². The van der Waals surface area contributed by atoms with Gasteiger partial charge in [0.25, 0.3) is 0 Å². The molecule has 35 heavy (non-hydrogen) atoms. The van der Waals surface area contributed by atoms with E-state index in [-0.39, 0.29) is 42.9 Å². The van der Waals surface area contributed by atoms with Gasteiger partial charge in [-0.2, -0.15) is 0 Å². The van der Waals surface area contributed by atoms with E-state index in [1.807, 2.05) is 43.3 Å². The Hall–Kier alpha value is -3.61. The molecule has 5 rings (SSSR count). The van der Waals surface area contributed by atoms with Crippen LogP contribution in [0.5, 0.6) is 0 Å². The SMILES string of the molecule is C[C@@H]1CN(C(=O)[C@@H]2CC=C[C@@H](NC(=O)OCC3c4ccccc4-c4ccccc43)C2)C[C@H]1C(=O)O. The molecule has 2 aromatic carbocycles. The highest BCUT2D eigenvalue weighted by Gasteiger charge is 2.39. The summed E-state index contributed by atoms with van der Waals surface area (Å²) in [4.78, 5) is 38.8. The van der Waals surface area contributed by atoms with Gasteiger partial charge in [0.1, 0.15) is 6.61 Å². The van der Waals surface area contributed by atoms with Gasteiger partial charge in [0.15, 0.2) is 0 Å². The van der Waals surface area contributed by atoms with E-state index in [1.165, 1.54) is 11.1 Å². The Labute approximate surface area is 204 Å². The number of carboxylic acids is 1. The third kappa shape index (κ3) is 4.55. The van der Waals surface area contributed by atoms with E-state index in [0.29, 0.717) is 19.4 Å². The third-order valence-corrected chi connectivity index (χ3v) is 7.56. The number of aliphatic carboxylic acids is 1. The summed E-state index contributed by atoms with van der Waals surface area (Å²) >= 11 is 0. The topological polar surface area (TPSA) is 95.9 Å². The zero-order valence-corrected chi connectivity index (χ0v) is 19.7. The summed E-state index contributed by atoms with van der Waals surface area (Å²) in [6.07, 6.45) is 4.37. The summed E-state index contributed by atoms with van der Waals surface area (Å²) in [6, 6.07) is 16.1. The zero-order valence-electron chi connectivity index (χ0n) is 19.7. The Bertz CT molecular complexity index is 1130. The predicted octanol–water partition coefficient (Wildman–Crippen LogP) is 4.04. The van der Waals surface area contributed by atoms with E-state index in [9.17, 15) is 19.5 Å². The number of carbonyl (C=O) groups is 3. The van der Waals surface area contributed by atoms with Crippen molar-refractivity contribution < 1.29 is 24.2 Å². The molecule has 0 radical (unpaired) electrons. The molecule has 2 N–H and O–H groups in total. The van der Waals surface area contributed by atoms with E-state index in [0.717, 1.165) is 11.1 Å². The maximum atomic E-state index is 13.0. The lowest BCUT2D eigenvalue weighted by Gasteiger charge is -2.28. The molecule has 4 atom stereocenters. The third-order valence-electron chi connectivity index (χ3n) is 7.56. The number of allylic oxidation sites excluding steroid dienone is 1. The lowest BCUT2D eigenvalue weighted by Crippen LogP contribution is -2.42. The number of benzene rings is 2. The van der Waals surface area contributed by atoms with Gasteiger partial charge in [-0.15, -0.1) is 0 Å². The molecule has 1 fully saturated rings. The van der Waals surface area contributed by atoms with Gasteiger partial charge in [-0.25, -0.2) is 4.79 Å². The number of carbonyl (C=O) groups excluding carboxylic acids is 2. The van der Waals surface area contributed by atoms with Gasteiger partial charge < -0.3 is 20.1 Å². The fourth-order valence-corrected chi connectivity index (χ4v) is 5.71. The van der Waals surface area contributed by atoms with Crippen molar-refractivity contribution in [3.05, 3.63) is 71.8 Å². The van der Waals surface area contributed by atoms with E-state index in [4.69, 9.17) is 4.74 Å². The fourth-order valence-electron chi connectivity index (χ4n) is 5.71. The molecular formula is C28H30N2O5. The van der Waals surface area contributed by atoms with Crippen molar-refractivity contribution in [1.29, 1.82) is 0 Å². The molecular weight excluding hydrogens is 444 g/mol. The molecule has 0 unspecified atom stereocenters. The van der Waals surface area contributed by atoms with E-state index < -0.39 is 18.0 Å². The van der Waals surface area contributed by atoms with Crippen molar-refractivity contribution in [2.75, 3.05) is 19.7 Å². The molecule has 7 nitrogen and oxygen atoms in total. The zero-order chi connectivity index (χ0) is 24.5. The maximum absolute atomic E-state index is 13.0. The van der Waals surface area contributed by atoms with Crippen molar-refractivity contribution in [2.24, 2.45) is 17.8 Å². The second-order valence-corrected chi connectivity index (χ2v) is 9.84. The van der Waals surface area contributed by atoms with Crippen molar-refractivity contribution >= 4 is 18.0 Å². The van der Waals surface area contributed by atoms with Crippen LogP contribution in [0.25, 0.3) is 11.1 Å². The standard InChI is InChI=1S/C28H30N2O5/c1-17-14-30(15-24(17)27(32)33)26(31)18-7-6-8-19(13-18)29-28(34)35-16-25-22-11-4-2-9-20(22)21-10-3-5-12-23(21)25/h2-6,8-12,17-19,24-25H,7,13-16H2,1H3,(H,29,34)(H,32,33)/t17-,18-,19-,24-/m1/s1. The monoisotopic (exact) mass is 474 g/mol. The van der Waals surface area contributed by atoms with Gasteiger partial charge in [-0.3, -0.25) is 9.59 Å². The quantitative estimate of drug-likeness (QED) is 0.638. The first-order valence-electron chi connectivity index (χ1n) is 12.2. The fraction of sp³-hybridized carbons (Fsp3) is 0.393. The maximum Gasteiger partial charge on any atom is 0.407 e. The average Bonchev–Trinajstić information content (AvgIpc) is 3.41. The molecule has 182 valence electrons. The van der Waals surface area contributed by atoms with Crippen LogP contribution in [-0.4, -0.2) is 53.7 Å². The molecule has 1 aliphatic heterocycles. The number of ether oxygens (including phenoxy) is 1. The minimum Gasteiger partial charge on any atom is -0.481 e. The van der Waals surface area contributed by atoms with Crippen molar-refractivity contribution in [3.63, 3.8) is 0 Å². The number of hydrogen-bond donors (Lipinski definition) is 2. The Morgan fingerprint density at radius 2 is 1.69 bits per heavy atom. The Morgan fingerprint density at radius 3 is 2.31 bits per heavy atom. The van der Waals surface area contributed by atoms with E-state index in [2.05, 4.69) is 29.6 Å². The Balaban J connectivity index is 1.17. The van der Waals surface area contributed by atoms with Gasteiger partial charge in [-0.1, -0.05) is 67.6 Å². The lowest BCUT2D eigenvalue weighted by molar-refractivity contribution is -0.142. The van der Waals surface area contributed by atoms with Gasteiger partial charge in [-0.05, 0) is 41.0 Å². The van der Waals surface area contributed by atoms with Gasteiger partial charge in [0.05, 0.1) is 12.0 Å². The van der Waals surface area contributed by atoms with Crippen LogP contribution in [0.3, 0.4) is 0 Å². The van der Waals surface area contributed by atoms with Crippen LogP contribution >= 0.6 is 0 Å². The summed E-state index contributed by atoms with van der Waals surface area (Å²) in [5.41, 5.74) is 4.67. The molecule has 3 aliphatic rings. The number of amides is 2. The molecule has 0 saturated carbocycles. The second-order valence-electron chi connectivity index (χ2n) is 9.84. The summed E-state index contributed by atoms with van der Waals surface area (Å²) in [5.74, 6) is -1.77. The lowest BCUT2D eigenvalue weighted by atomic mass is 9.90. The molecule has 2 amide bonds. The molecule has 0 spiro atoms. The number of nitrogens with zero attached hydrogens (tertiary/aromatic N) is 1. The van der Waals surface area contributed by atoms with Gasteiger partial charge >= 0.3 is 12.1 Å². The number of nitrogens with one attached hydrogen (secondary N) is 1. The second kappa shape index (κ2) is 9.56. The van der Waals surface area contributed by atoms with Crippen molar-refractivity contribution in [1.82, 2.24) is 10.2 Å². The van der Waals surface area contributed by atoms with Gasteiger partial charge in [0.2, 0.25) is 5.91 Å². The van der Waals surface area contributed by atoms with Crippen LogP contribution in [0.1, 0.15) is 36.8 Å². The average molecular weight is 475 g/mol. The first kappa shape index (κ1) is 23.1. The first-order valence-corrected chi connectivity index (χ1v) is 12.2. The Morgan fingerprint density at radius 1 is 1.03 bits per heavy atom. The van der Waals surface area contributed by atoms with Gasteiger partial charge in [0, 0.05) is 24.9 Å². The predicted molar refractivity (Wildman–Crippen MR) is 131 cm³/mol. The number of hydrogen-bond acceptors (Lipinski definition) is 4. The normalized spacial score (nSPS) is 25.1. The molecule has 7 heteroatoms. The van der Waals surface area contributed by atoms with Crippen LogP contribution in [0.4, 0.5) is 4.79 Å². The van der Waals surface area contributed by atoms with Crippen LogP contribution in [0.15, 0.2) is 60.7 Å². The molecule has 2 aliphatic carbocycles. The number of rotatable bonds is 5. The summed E-state index contributed by atoms with van der Waals surface area (Å²) in [7, 11) is 0. The van der Waals surface area contributed by atoms with Crippen molar-refractivity contribution in [3.8, 4) is 11.1 Å². The highest BCUT2D eigenvalue weighted by Crippen LogP contribution is 2.44. The number of likely N-dealkylation sites (tertiary alicyclic amines) is 1. The highest BCUT2D eigenvalue weighted by atomic mass is 16.5. The molecule has 2 aromatic rings. The number of fused-ring (bicyclic) bond motifs is 3. The van der Waals surface area contributed by atoms with Crippen LogP contribution < -0.4 is 5.32 Å². The largest absolute Gasteiger partial charge is 0.481 e. The number of carboxylic acid groups (broad SMARTS) is 1. The molecule has 1 saturated heterocycles. The Kier molecular flexibility index (Phi) is 6.32. The summed E-state index contributed by atoms with van der Waals surface area (Å²) < 4.78 is 5.65. The molecule has 0 aromatic heterocycles. The van der Waals surface area contributed by atoms with E-state index >= 15 is 0 Å². The first-order chi connectivity index (χ1) is 16.9. The summed E-state index contributed by atoms with van der Waals surface area (Å²) in [6.45, 7) is 2.82. The molecule has 0 bridgehead atoms. The summed E-state index contributed by atoms with van der Waals surface area (Å²) in [5, 5.41) is 12.3. The molecule has 1 heterocycles. The van der Waals surface area contributed by atoms with Crippen LogP contribution in [0.2, 0.25) is 0 Å². The van der Waals surface area contributed by atoms with Crippen molar-refractivity contribution in [2.45, 2.75) is 31.7 Å². The number of alkyl carbamates (subject to hydrolysis) is 1. The minimum atomic E-state index is -0.855. The smallest absolute Gasteiger partial charge is 0.407 e. The minimum absolute atomic E-state index is 0.0105. The van der Waals surface area contributed by atoms with E-state index in [1.54, 1.807) is 4.90 Å². The highest BCUT2D eigenvalue weighted by molar-refractivity contribution is 5.82.